The monoisotopic (exact) mass is 2820 g/mol. The molecule has 0 saturated carbocycles. The molecular formula is C103H75Br4I7O19. The molecule has 0 aliphatic heterocycles. The Hall–Kier alpha value is -8.47. The van der Waals surface area contributed by atoms with Crippen LogP contribution in [0.5, 0.6) is 40.2 Å². The molecule has 6 heterocycles. The first-order valence-electron chi connectivity index (χ1n) is 40.7. The van der Waals surface area contributed by atoms with E-state index in [-0.39, 0.29) is 74.9 Å². The second-order valence-corrected chi connectivity index (χ2v) is 42.1. The molecule has 18 rings (SSSR count). The number of phenols is 7. The fraction of sp³-hybridized carbons (Fsp3) is 0.126. The number of aromatic hydroxyl groups is 7. The standard InChI is InChI=1S/C19H16I2O3.C18H14Br2O3.C17H12Br2O4.C17H12I2O3.C16H10I2O3.C16H11IO3/c1-10(2)7-16-17(12-5-3-4-6-15(12)24-16)18(22)11-8-13(20)19(23)14(21)9-11;1-3-14-16(11-5-4-9(2)6-15(11)23-14)17(21)10-7-12(19)18(22)13(20)8-10;1-2-13-15(10-7-9(20)3-4-14(10)23-13)16(21)8-5-11(18)17(22)12(19)6-8;1-2-13-15(10-5-3-4-6-14(10)22-13)16(20)9-7-11(18)17(21)12(19)8-9;1-8-14(10-4-2-3-5-13(10)21-8)15(19)9-6-11(17)16(20)12(18)7-9;1-9-15(11-4-2-3-5-14(11)20-9)16(19)10-6-7-13(18)12(17)8-10/h3-6,8-10,23H,7H2,1-2H3;4-8,22H,3H2,1-2H3;3-7,20,22H,2H2,1H3;3-8,21H,2H2,1H3;2-7,20H,1H3;2-8,18H,1H3. The summed E-state index contributed by atoms with van der Waals surface area (Å²) in [4.78, 5) is 77.6. The maximum atomic E-state index is 13.2. The Bertz CT molecular complexity index is 7540. The topological polar surface area (TPSA) is 323 Å². The molecule has 7 N–H and O–H groups in total. The smallest absolute Gasteiger partial charge is 0.197 e. The van der Waals surface area contributed by atoms with E-state index in [1.165, 1.54) is 18.2 Å². The Morgan fingerprint density at radius 1 is 0.286 bits per heavy atom. The Morgan fingerprint density at radius 2 is 0.571 bits per heavy atom. The predicted octanol–water partition coefficient (Wildman–Crippen LogP) is 31.0. The molecule has 0 unspecified atom stereocenters. The number of carbonyl (C=O) groups is 6. The van der Waals surface area contributed by atoms with Gasteiger partial charge in [0, 0.05) is 91.4 Å². The van der Waals surface area contributed by atoms with Gasteiger partial charge in [-0.05, 0) is 382 Å². The minimum Gasteiger partial charge on any atom is -0.508 e. The number of carbonyl (C=O) groups excluding carboxylic acids is 6. The van der Waals surface area contributed by atoms with E-state index in [0.717, 1.165) is 55.0 Å². The molecule has 19 nitrogen and oxygen atoms in total. The Morgan fingerprint density at radius 3 is 0.932 bits per heavy atom. The van der Waals surface area contributed by atoms with Crippen molar-refractivity contribution in [2.45, 2.75) is 81.1 Å². The number of phenolic OH excluding ortho intramolecular Hbond substituents is 7. The van der Waals surface area contributed by atoms with Crippen LogP contribution in [0.15, 0.2) is 257 Å². The second kappa shape index (κ2) is 44.3. The average Bonchev–Trinajstić information content (AvgIpc) is 1.65. The number of benzene rings is 12. The summed E-state index contributed by atoms with van der Waals surface area (Å²) in [5, 5.41) is 73.2. The molecular weight excluding hydrogens is 2750 g/mol. The van der Waals surface area contributed by atoms with Crippen molar-refractivity contribution in [3.63, 3.8) is 0 Å². The van der Waals surface area contributed by atoms with Crippen molar-refractivity contribution in [1.29, 1.82) is 0 Å². The lowest BCUT2D eigenvalue weighted by Crippen LogP contribution is -2.06. The molecule has 0 atom stereocenters. The van der Waals surface area contributed by atoms with Crippen molar-refractivity contribution in [1.82, 2.24) is 0 Å². The molecule has 0 spiro atoms. The van der Waals surface area contributed by atoms with E-state index in [1.807, 2.05) is 301 Å². The molecule has 678 valence electrons. The van der Waals surface area contributed by atoms with Crippen molar-refractivity contribution in [3.8, 4) is 40.2 Å². The van der Waals surface area contributed by atoms with E-state index in [0.29, 0.717) is 192 Å². The third-order valence-electron chi connectivity index (χ3n) is 21.1. The lowest BCUT2D eigenvalue weighted by atomic mass is 9.97. The van der Waals surface area contributed by atoms with Gasteiger partial charge in [0.1, 0.15) is 108 Å². The van der Waals surface area contributed by atoms with Gasteiger partial charge in [-0.2, -0.15) is 0 Å². The number of hydrogen-bond acceptors (Lipinski definition) is 19. The van der Waals surface area contributed by atoms with Gasteiger partial charge in [0.2, 0.25) is 0 Å². The zero-order valence-corrected chi connectivity index (χ0v) is 92.7. The third kappa shape index (κ3) is 22.5. The van der Waals surface area contributed by atoms with E-state index in [9.17, 15) is 64.5 Å². The molecule has 6 aromatic heterocycles. The Kier molecular flexibility index (Phi) is 34.0. The van der Waals surface area contributed by atoms with E-state index >= 15 is 0 Å². The number of hydrogen-bond donors (Lipinski definition) is 7. The quantitative estimate of drug-likeness (QED) is 0.0329. The number of ketones is 6. The van der Waals surface area contributed by atoms with Crippen LogP contribution < -0.4 is 0 Å². The highest BCUT2D eigenvalue weighted by Gasteiger charge is 2.30. The summed E-state index contributed by atoms with van der Waals surface area (Å²) in [5.74, 6) is 4.61. The molecule has 18 aromatic rings. The van der Waals surface area contributed by atoms with E-state index in [2.05, 4.69) is 77.6 Å². The van der Waals surface area contributed by atoms with Crippen molar-refractivity contribution in [2.75, 3.05) is 0 Å². The molecule has 0 radical (unpaired) electrons. The highest BCUT2D eigenvalue weighted by molar-refractivity contribution is 14.1. The molecule has 30 heteroatoms. The predicted molar refractivity (Wildman–Crippen MR) is 589 cm³/mol. The number of para-hydroxylation sites is 4. The van der Waals surface area contributed by atoms with Crippen LogP contribution in [-0.4, -0.2) is 70.4 Å². The van der Waals surface area contributed by atoms with Crippen LogP contribution in [0.4, 0.5) is 0 Å². The van der Waals surface area contributed by atoms with Crippen LogP contribution in [-0.2, 0) is 25.7 Å². The van der Waals surface area contributed by atoms with Crippen LogP contribution in [0.3, 0.4) is 0 Å². The number of aryl methyl sites for hydroxylation is 6. The molecule has 12 aromatic carbocycles. The number of halogens is 11. The van der Waals surface area contributed by atoms with Gasteiger partial charge in [0.15, 0.2) is 34.7 Å². The average molecular weight is 2820 g/mol. The van der Waals surface area contributed by atoms with Gasteiger partial charge in [-0.1, -0.05) is 120 Å². The van der Waals surface area contributed by atoms with Gasteiger partial charge in [-0.25, -0.2) is 0 Å². The van der Waals surface area contributed by atoms with E-state index < -0.39 is 0 Å². The maximum Gasteiger partial charge on any atom is 0.197 e. The fourth-order valence-corrected chi connectivity index (χ4v) is 22.9. The number of furan rings is 6. The van der Waals surface area contributed by atoms with Crippen molar-refractivity contribution < 1.29 is 91.0 Å². The number of rotatable bonds is 17. The molecule has 0 aliphatic carbocycles. The molecule has 0 bridgehead atoms. The summed E-state index contributed by atoms with van der Waals surface area (Å²) in [6, 6.07) is 62.2. The van der Waals surface area contributed by atoms with Crippen LogP contribution in [0.25, 0.3) is 65.8 Å². The van der Waals surface area contributed by atoms with Crippen molar-refractivity contribution in [2.24, 2.45) is 5.92 Å². The van der Waals surface area contributed by atoms with Gasteiger partial charge in [0.25, 0.3) is 0 Å². The van der Waals surface area contributed by atoms with Crippen molar-refractivity contribution >= 4 is 322 Å². The molecule has 0 saturated heterocycles. The van der Waals surface area contributed by atoms with Gasteiger partial charge >= 0.3 is 0 Å². The lowest BCUT2D eigenvalue weighted by molar-refractivity contribution is 0.102. The summed E-state index contributed by atoms with van der Waals surface area (Å²) >= 11 is 27.2. The zero-order valence-electron chi connectivity index (χ0n) is 71.3. The van der Waals surface area contributed by atoms with Gasteiger partial charge in [-0.15, -0.1) is 0 Å². The summed E-state index contributed by atoms with van der Waals surface area (Å²) in [6.07, 6.45) is 2.55. The minimum atomic E-state index is -0.229. The molecule has 133 heavy (non-hydrogen) atoms. The van der Waals surface area contributed by atoms with Crippen LogP contribution in [0.2, 0.25) is 0 Å². The zero-order chi connectivity index (χ0) is 96.2. The highest BCUT2D eigenvalue weighted by Crippen LogP contribution is 2.43. The third-order valence-corrected chi connectivity index (χ3v) is 29.3. The normalized spacial score (nSPS) is 11.1. The Balaban J connectivity index is 0.000000136. The number of fused-ring (bicyclic) bond motifs is 6. The first-order valence-corrected chi connectivity index (χ1v) is 51.4. The van der Waals surface area contributed by atoms with Crippen LogP contribution >= 0.6 is 222 Å². The highest BCUT2D eigenvalue weighted by atomic mass is 127. The summed E-state index contributed by atoms with van der Waals surface area (Å²) in [5.41, 5.74) is 11.8. The first kappa shape index (κ1) is 102. The van der Waals surface area contributed by atoms with Crippen LogP contribution in [0.1, 0.15) is 170 Å². The van der Waals surface area contributed by atoms with Crippen molar-refractivity contribution in [3.05, 3.63) is 362 Å². The SMILES string of the molecule is CC(C)Cc1oc2ccccc2c1C(=O)c1cc(I)c(O)c(I)c1.CCc1oc2cc(C)ccc2c1C(=O)c1cc(Br)c(O)c(Br)c1.CCc1oc2ccc(O)cc2c1C(=O)c1cc(Br)c(O)c(Br)c1.CCc1oc2ccccc2c1C(=O)c1cc(I)c(O)c(I)c1.Cc1oc2ccccc2c1C(=O)c1cc(I)c(O)c(I)c1.Cc1oc2ccccc2c1C(=O)c1ccc(O)c(I)c1. The summed E-state index contributed by atoms with van der Waals surface area (Å²) in [6.45, 7) is 15.6. The largest absolute Gasteiger partial charge is 0.508 e. The summed E-state index contributed by atoms with van der Waals surface area (Å²) < 4.78 is 41.0. The molecule has 0 amide bonds. The maximum absolute atomic E-state index is 13.2. The lowest BCUT2D eigenvalue weighted by Gasteiger charge is -2.08. The minimum absolute atomic E-state index is 0.0342. The second-order valence-electron chi connectivity index (χ2n) is 30.6. The summed E-state index contributed by atoms with van der Waals surface area (Å²) in [7, 11) is 0. The van der Waals surface area contributed by atoms with Gasteiger partial charge < -0.3 is 62.2 Å². The van der Waals surface area contributed by atoms with Gasteiger partial charge in [0.05, 0.1) is 76.3 Å². The fourth-order valence-electron chi connectivity index (χ4n) is 14.7. The van der Waals surface area contributed by atoms with Crippen LogP contribution in [0, 0.1) is 51.7 Å². The Labute approximate surface area is 891 Å². The molecule has 0 aliphatic rings. The van der Waals surface area contributed by atoms with E-state index in [1.54, 1.807) is 92.7 Å². The van der Waals surface area contributed by atoms with Gasteiger partial charge in [-0.3, -0.25) is 28.8 Å². The first-order chi connectivity index (χ1) is 63.3. The molecule has 0 fully saturated rings. The van der Waals surface area contributed by atoms with E-state index in [4.69, 9.17) is 26.5 Å².